The van der Waals surface area contributed by atoms with Crippen LogP contribution in [-0.2, 0) is 9.53 Å². The Kier molecular flexibility index (Phi) is 50.6. The minimum atomic E-state index is 0.0307. The van der Waals surface area contributed by atoms with Crippen molar-refractivity contribution in [2.24, 2.45) is 5.92 Å². The molecule has 0 aromatic heterocycles. The molecule has 0 bridgehead atoms. The molecule has 1 unspecified atom stereocenters. The molecule has 0 amide bonds. The normalized spacial score (nSPS) is 12.3. The Morgan fingerprint density at radius 3 is 0.982 bits per heavy atom. The van der Waals surface area contributed by atoms with Crippen LogP contribution in [0.2, 0.25) is 0 Å². The maximum Gasteiger partial charge on any atom is 0.305 e. The van der Waals surface area contributed by atoms with E-state index in [-0.39, 0.29) is 5.97 Å². The Balaban J connectivity index is 3.17. The van der Waals surface area contributed by atoms with Gasteiger partial charge in [-0.15, -0.1) is 0 Å². The van der Waals surface area contributed by atoms with Gasteiger partial charge in [0.25, 0.3) is 0 Å². The lowest BCUT2D eigenvalue weighted by Gasteiger charge is -2.07. The lowest BCUT2D eigenvalue weighted by Crippen LogP contribution is -2.05. The van der Waals surface area contributed by atoms with E-state index in [2.05, 4.69) is 32.9 Å². The van der Waals surface area contributed by atoms with Crippen LogP contribution in [0.3, 0.4) is 0 Å². The predicted molar refractivity (Wildman–Crippen MR) is 258 cm³/mol. The van der Waals surface area contributed by atoms with Crippen LogP contribution in [0.15, 0.2) is 12.2 Å². The van der Waals surface area contributed by atoms with Crippen molar-refractivity contribution in [3.63, 3.8) is 0 Å². The molecule has 0 aromatic rings. The van der Waals surface area contributed by atoms with Crippen LogP contribution in [-0.4, -0.2) is 12.6 Å². The second-order valence-corrected chi connectivity index (χ2v) is 18.8. The maximum atomic E-state index is 12.1. The Bertz CT molecular complexity index is 758. The van der Waals surface area contributed by atoms with Crippen molar-refractivity contribution in [1.82, 2.24) is 0 Å². The first-order valence-corrected chi connectivity index (χ1v) is 27.0. The standard InChI is InChI=1S/C55H108O2/c1-4-6-7-8-9-10-11-12-13-14-15-21-25-28-31-34-37-40-43-46-49-52-55(56)57-53-50-47-44-41-38-35-32-29-26-23-20-18-16-17-19-22-24-27-30-33-36-39-42-45-48-51-54(3)5-2/h12-13,54H,4-11,14-53H2,1-3H3. The zero-order valence-corrected chi connectivity index (χ0v) is 40.0. The van der Waals surface area contributed by atoms with Gasteiger partial charge in [-0.3, -0.25) is 4.79 Å². The first kappa shape index (κ1) is 56.2. The van der Waals surface area contributed by atoms with Gasteiger partial charge in [0.1, 0.15) is 0 Å². The van der Waals surface area contributed by atoms with Crippen molar-refractivity contribution in [2.45, 2.75) is 323 Å². The van der Waals surface area contributed by atoms with Crippen LogP contribution in [0.1, 0.15) is 323 Å². The van der Waals surface area contributed by atoms with Gasteiger partial charge in [0.05, 0.1) is 6.61 Å². The highest BCUT2D eigenvalue weighted by atomic mass is 16.5. The van der Waals surface area contributed by atoms with E-state index in [1.165, 1.54) is 283 Å². The van der Waals surface area contributed by atoms with Crippen LogP contribution >= 0.6 is 0 Å². The lowest BCUT2D eigenvalue weighted by molar-refractivity contribution is -0.143. The fraction of sp³-hybridized carbons (Fsp3) is 0.945. The molecule has 0 N–H and O–H groups in total. The van der Waals surface area contributed by atoms with E-state index < -0.39 is 0 Å². The summed E-state index contributed by atoms with van der Waals surface area (Å²) in [5, 5.41) is 0. The number of esters is 1. The van der Waals surface area contributed by atoms with Crippen molar-refractivity contribution in [3.05, 3.63) is 12.2 Å². The molecule has 0 radical (unpaired) electrons. The number of carbonyl (C=O) groups excluding carboxylic acids is 1. The highest BCUT2D eigenvalue weighted by Gasteiger charge is 2.03. The van der Waals surface area contributed by atoms with E-state index in [1.807, 2.05) is 0 Å². The Hall–Kier alpha value is -0.790. The summed E-state index contributed by atoms with van der Waals surface area (Å²) in [6.07, 6.45) is 69.3. The van der Waals surface area contributed by atoms with Crippen LogP contribution < -0.4 is 0 Å². The number of hydrogen-bond donors (Lipinski definition) is 0. The molecule has 0 heterocycles. The van der Waals surface area contributed by atoms with Gasteiger partial charge in [-0.2, -0.15) is 0 Å². The van der Waals surface area contributed by atoms with Crippen LogP contribution in [0.5, 0.6) is 0 Å². The topological polar surface area (TPSA) is 26.3 Å². The molecule has 0 fully saturated rings. The monoisotopic (exact) mass is 801 g/mol. The van der Waals surface area contributed by atoms with Gasteiger partial charge >= 0.3 is 5.97 Å². The van der Waals surface area contributed by atoms with E-state index in [9.17, 15) is 4.79 Å². The molecule has 0 saturated heterocycles. The molecule has 2 heteroatoms. The summed E-state index contributed by atoms with van der Waals surface area (Å²) >= 11 is 0. The van der Waals surface area contributed by atoms with E-state index in [0.717, 1.165) is 18.8 Å². The fourth-order valence-electron chi connectivity index (χ4n) is 8.52. The quantitative estimate of drug-likeness (QED) is 0.0348. The Labute approximate surface area is 361 Å². The molecule has 0 aliphatic carbocycles. The van der Waals surface area contributed by atoms with Crippen molar-refractivity contribution >= 4 is 5.97 Å². The summed E-state index contributed by atoms with van der Waals surface area (Å²) in [7, 11) is 0. The molecular weight excluding hydrogens is 693 g/mol. The minimum Gasteiger partial charge on any atom is -0.466 e. The first-order chi connectivity index (χ1) is 28.2. The third-order valence-corrected chi connectivity index (χ3v) is 12.9. The van der Waals surface area contributed by atoms with Gasteiger partial charge in [-0.05, 0) is 44.4 Å². The molecule has 2 nitrogen and oxygen atoms in total. The number of ether oxygens (including phenoxy) is 1. The highest BCUT2D eigenvalue weighted by Crippen LogP contribution is 2.18. The van der Waals surface area contributed by atoms with Crippen molar-refractivity contribution in [1.29, 1.82) is 0 Å². The van der Waals surface area contributed by atoms with Crippen molar-refractivity contribution in [2.75, 3.05) is 6.61 Å². The molecule has 0 saturated carbocycles. The lowest BCUT2D eigenvalue weighted by atomic mass is 9.99. The van der Waals surface area contributed by atoms with Crippen molar-refractivity contribution in [3.8, 4) is 0 Å². The van der Waals surface area contributed by atoms with Gasteiger partial charge < -0.3 is 4.74 Å². The van der Waals surface area contributed by atoms with Crippen molar-refractivity contribution < 1.29 is 9.53 Å². The summed E-state index contributed by atoms with van der Waals surface area (Å²) in [5.74, 6) is 0.968. The third kappa shape index (κ3) is 51.3. The largest absolute Gasteiger partial charge is 0.466 e. The summed E-state index contributed by atoms with van der Waals surface area (Å²) in [6.45, 7) is 7.65. The minimum absolute atomic E-state index is 0.0307. The van der Waals surface area contributed by atoms with E-state index in [1.54, 1.807) is 0 Å². The predicted octanol–water partition coefficient (Wildman–Crippen LogP) is 20.1. The van der Waals surface area contributed by atoms with Gasteiger partial charge in [-0.25, -0.2) is 0 Å². The second-order valence-electron chi connectivity index (χ2n) is 18.8. The zero-order chi connectivity index (χ0) is 41.2. The summed E-state index contributed by atoms with van der Waals surface area (Å²) in [6, 6.07) is 0. The van der Waals surface area contributed by atoms with Crippen LogP contribution in [0.4, 0.5) is 0 Å². The maximum absolute atomic E-state index is 12.1. The molecule has 0 aliphatic heterocycles. The van der Waals surface area contributed by atoms with E-state index in [0.29, 0.717) is 13.0 Å². The number of allylic oxidation sites excluding steroid dienone is 2. The highest BCUT2D eigenvalue weighted by molar-refractivity contribution is 5.69. The molecule has 57 heavy (non-hydrogen) atoms. The summed E-state index contributed by atoms with van der Waals surface area (Å²) in [5.41, 5.74) is 0. The average Bonchev–Trinajstić information content (AvgIpc) is 3.22. The summed E-state index contributed by atoms with van der Waals surface area (Å²) < 4.78 is 5.50. The van der Waals surface area contributed by atoms with E-state index >= 15 is 0 Å². The van der Waals surface area contributed by atoms with Gasteiger partial charge in [0.15, 0.2) is 0 Å². The molecule has 0 aromatic carbocycles. The number of rotatable bonds is 50. The van der Waals surface area contributed by atoms with Gasteiger partial charge in [0.2, 0.25) is 0 Å². The third-order valence-electron chi connectivity index (χ3n) is 12.9. The molecule has 0 spiro atoms. The second kappa shape index (κ2) is 51.4. The summed E-state index contributed by atoms with van der Waals surface area (Å²) in [4.78, 5) is 12.1. The molecule has 1 atom stereocenters. The molecular formula is C55H108O2. The Morgan fingerprint density at radius 2 is 0.649 bits per heavy atom. The zero-order valence-electron chi connectivity index (χ0n) is 40.0. The molecule has 340 valence electrons. The number of unbranched alkanes of at least 4 members (excludes halogenated alkanes) is 41. The average molecular weight is 801 g/mol. The first-order valence-electron chi connectivity index (χ1n) is 27.0. The molecule has 0 aliphatic rings. The fourth-order valence-corrected chi connectivity index (χ4v) is 8.52. The van der Waals surface area contributed by atoms with Gasteiger partial charge in [0, 0.05) is 6.42 Å². The Morgan fingerprint density at radius 1 is 0.368 bits per heavy atom. The smallest absolute Gasteiger partial charge is 0.305 e. The number of hydrogen-bond acceptors (Lipinski definition) is 2. The van der Waals surface area contributed by atoms with Crippen LogP contribution in [0.25, 0.3) is 0 Å². The number of carbonyl (C=O) groups is 1. The van der Waals surface area contributed by atoms with Gasteiger partial charge in [-0.1, -0.05) is 290 Å². The molecule has 0 rings (SSSR count). The van der Waals surface area contributed by atoms with Crippen LogP contribution in [0, 0.1) is 5.92 Å². The SMILES string of the molecule is CCCCCCCCC=CCCCCCCCCCCCCCC(=O)OCCCCCCCCCCCCCCCCCCCCCCCCCCCC(C)CC. The van der Waals surface area contributed by atoms with E-state index in [4.69, 9.17) is 4.74 Å².